The summed E-state index contributed by atoms with van der Waals surface area (Å²) < 4.78 is 39.8. The van der Waals surface area contributed by atoms with Gasteiger partial charge in [-0.25, -0.2) is 9.48 Å². The zero-order chi connectivity index (χ0) is 17.4. The van der Waals surface area contributed by atoms with Crippen LogP contribution in [-0.4, -0.2) is 67.9 Å². The number of hydrogen-bond acceptors (Lipinski definition) is 4. The Labute approximate surface area is 131 Å². The minimum atomic E-state index is -4.26. The van der Waals surface area contributed by atoms with Crippen LogP contribution in [0.5, 0.6) is 0 Å². The summed E-state index contributed by atoms with van der Waals surface area (Å²) in [5.41, 5.74) is -1.16. The van der Waals surface area contributed by atoms with Crippen LogP contribution in [0.2, 0.25) is 0 Å². The van der Waals surface area contributed by atoms with Gasteiger partial charge in [0.05, 0.1) is 12.1 Å². The van der Waals surface area contributed by atoms with Crippen molar-refractivity contribution in [2.24, 2.45) is 7.05 Å². The monoisotopic (exact) mass is 335 g/mol. The van der Waals surface area contributed by atoms with E-state index in [1.54, 1.807) is 13.8 Å². The van der Waals surface area contributed by atoms with Gasteiger partial charge < -0.3 is 4.90 Å². The normalized spacial score (nSPS) is 19.1. The fourth-order valence-corrected chi connectivity index (χ4v) is 2.85. The summed E-state index contributed by atoms with van der Waals surface area (Å²) in [4.78, 5) is 26.9. The summed E-state index contributed by atoms with van der Waals surface area (Å²) in [5, 5.41) is 3.82. The van der Waals surface area contributed by atoms with E-state index in [4.69, 9.17) is 0 Å². The SMILES string of the molecule is Cn1cnn(CC(=O)N2CCN(CC(F)(F)F)CC2(C)C)c1=O. The van der Waals surface area contributed by atoms with E-state index in [0.717, 1.165) is 4.68 Å². The molecule has 0 spiro atoms. The van der Waals surface area contributed by atoms with Crippen LogP contribution >= 0.6 is 0 Å². The van der Waals surface area contributed by atoms with Crippen molar-refractivity contribution in [2.75, 3.05) is 26.2 Å². The molecule has 1 amide bonds. The maximum Gasteiger partial charge on any atom is 0.401 e. The average molecular weight is 335 g/mol. The van der Waals surface area contributed by atoms with Gasteiger partial charge in [-0.1, -0.05) is 0 Å². The molecule has 0 unspecified atom stereocenters. The fourth-order valence-electron chi connectivity index (χ4n) is 2.85. The highest BCUT2D eigenvalue weighted by molar-refractivity contribution is 5.76. The highest BCUT2D eigenvalue weighted by atomic mass is 19.4. The van der Waals surface area contributed by atoms with Crippen LogP contribution in [0.25, 0.3) is 0 Å². The molecule has 0 N–H and O–H groups in total. The summed E-state index contributed by atoms with van der Waals surface area (Å²) in [5.74, 6) is -0.331. The number of aryl methyl sites for hydroxylation is 1. The first-order valence-corrected chi connectivity index (χ1v) is 7.18. The molecule has 1 aliphatic rings. The number of aromatic nitrogens is 3. The maximum atomic E-state index is 12.5. The van der Waals surface area contributed by atoms with Gasteiger partial charge in [-0.05, 0) is 13.8 Å². The molecule has 0 aromatic carbocycles. The first-order valence-electron chi connectivity index (χ1n) is 7.18. The van der Waals surface area contributed by atoms with Gasteiger partial charge in [-0.2, -0.15) is 18.3 Å². The van der Waals surface area contributed by atoms with Crippen molar-refractivity contribution >= 4 is 5.91 Å². The Bertz CT molecular complexity index is 634. The van der Waals surface area contributed by atoms with E-state index in [0.29, 0.717) is 0 Å². The Balaban J connectivity index is 2.05. The largest absolute Gasteiger partial charge is 0.401 e. The predicted octanol–water partition coefficient (Wildman–Crippen LogP) is 0.0669. The topological polar surface area (TPSA) is 63.4 Å². The molecular formula is C13H20F3N5O2. The Morgan fingerprint density at radius 3 is 2.48 bits per heavy atom. The van der Waals surface area contributed by atoms with E-state index >= 15 is 0 Å². The summed E-state index contributed by atoms with van der Waals surface area (Å²) in [6.07, 6.45) is -2.95. The lowest BCUT2D eigenvalue weighted by atomic mass is 9.98. The number of nitrogens with zero attached hydrogens (tertiary/aromatic N) is 5. The second-order valence-corrected chi connectivity index (χ2v) is 6.37. The van der Waals surface area contributed by atoms with E-state index in [-0.39, 0.29) is 32.1 Å². The highest BCUT2D eigenvalue weighted by Gasteiger charge is 2.40. The van der Waals surface area contributed by atoms with Crippen LogP contribution in [0, 0.1) is 0 Å². The lowest BCUT2D eigenvalue weighted by Gasteiger charge is -2.47. The standard InChI is InChI=1S/C13H20F3N5O2/c1-12(2)7-19(8-13(14,15)16)4-5-20(12)10(22)6-21-11(23)18(3)9-17-21/h9H,4-8H2,1-3H3. The Kier molecular flexibility index (Phi) is 4.56. The number of piperazine rings is 1. The fraction of sp³-hybridized carbons (Fsp3) is 0.769. The van der Waals surface area contributed by atoms with Crippen LogP contribution in [0.1, 0.15) is 13.8 Å². The number of halogens is 3. The predicted molar refractivity (Wildman–Crippen MR) is 75.8 cm³/mol. The number of alkyl halides is 3. The quantitative estimate of drug-likeness (QED) is 0.784. The van der Waals surface area contributed by atoms with Gasteiger partial charge in [-0.15, -0.1) is 0 Å². The number of amides is 1. The summed E-state index contributed by atoms with van der Waals surface area (Å²) in [6, 6.07) is 0. The van der Waals surface area contributed by atoms with Crippen molar-refractivity contribution < 1.29 is 18.0 Å². The van der Waals surface area contributed by atoms with Gasteiger partial charge in [0, 0.05) is 26.7 Å². The molecule has 0 aliphatic carbocycles. The molecule has 0 bridgehead atoms. The summed E-state index contributed by atoms with van der Waals surface area (Å²) in [7, 11) is 1.52. The Hall–Kier alpha value is -1.84. The van der Waals surface area contributed by atoms with E-state index in [2.05, 4.69) is 5.10 Å². The van der Waals surface area contributed by atoms with Crippen LogP contribution in [0.4, 0.5) is 13.2 Å². The molecule has 1 aliphatic heterocycles. The van der Waals surface area contributed by atoms with Gasteiger partial charge in [-0.3, -0.25) is 14.3 Å². The van der Waals surface area contributed by atoms with Crippen molar-refractivity contribution in [3.05, 3.63) is 16.8 Å². The first kappa shape index (κ1) is 17.5. The lowest BCUT2D eigenvalue weighted by molar-refractivity contribution is -0.160. The van der Waals surface area contributed by atoms with Crippen LogP contribution in [0.15, 0.2) is 11.1 Å². The Morgan fingerprint density at radius 1 is 1.35 bits per heavy atom. The molecule has 7 nitrogen and oxygen atoms in total. The number of carbonyl (C=O) groups is 1. The van der Waals surface area contributed by atoms with Crippen LogP contribution in [-0.2, 0) is 18.4 Å². The van der Waals surface area contributed by atoms with Crippen molar-refractivity contribution in [3.8, 4) is 0 Å². The highest BCUT2D eigenvalue weighted by Crippen LogP contribution is 2.24. The minimum absolute atomic E-state index is 0.120. The molecule has 2 rings (SSSR count). The van der Waals surface area contributed by atoms with E-state index in [1.165, 1.54) is 27.7 Å². The van der Waals surface area contributed by atoms with Crippen molar-refractivity contribution in [1.82, 2.24) is 24.1 Å². The number of hydrogen-bond donors (Lipinski definition) is 0. The Morgan fingerprint density at radius 2 is 2.00 bits per heavy atom. The van der Waals surface area contributed by atoms with Gasteiger partial charge in [0.2, 0.25) is 5.91 Å². The summed E-state index contributed by atoms with van der Waals surface area (Å²) in [6.45, 7) is 2.68. The molecule has 1 fully saturated rings. The second kappa shape index (κ2) is 5.99. The van der Waals surface area contributed by atoms with E-state index in [1.807, 2.05) is 0 Å². The second-order valence-electron chi connectivity index (χ2n) is 6.37. The molecule has 23 heavy (non-hydrogen) atoms. The van der Waals surface area contributed by atoms with Gasteiger partial charge >= 0.3 is 11.9 Å². The first-order chi connectivity index (χ1) is 10.5. The van der Waals surface area contributed by atoms with E-state index in [9.17, 15) is 22.8 Å². The molecule has 1 aromatic rings. The average Bonchev–Trinajstić information content (AvgIpc) is 2.67. The number of carbonyl (C=O) groups excluding carboxylic acids is 1. The van der Waals surface area contributed by atoms with Crippen LogP contribution in [0.3, 0.4) is 0 Å². The van der Waals surface area contributed by atoms with Gasteiger partial charge in [0.25, 0.3) is 0 Å². The zero-order valence-electron chi connectivity index (χ0n) is 13.3. The smallest absolute Gasteiger partial charge is 0.333 e. The molecule has 2 heterocycles. The maximum absolute atomic E-state index is 12.5. The molecule has 0 atom stereocenters. The van der Waals surface area contributed by atoms with Crippen LogP contribution < -0.4 is 5.69 Å². The third-order valence-corrected chi connectivity index (χ3v) is 3.86. The molecule has 10 heteroatoms. The molecular weight excluding hydrogens is 315 g/mol. The zero-order valence-corrected chi connectivity index (χ0v) is 13.3. The molecule has 1 aromatic heterocycles. The molecule has 0 radical (unpaired) electrons. The third kappa shape index (κ3) is 4.12. The lowest BCUT2D eigenvalue weighted by Crippen LogP contribution is -2.62. The van der Waals surface area contributed by atoms with Gasteiger partial charge in [0.15, 0.2) is 0 Å². The third-order valence-electron chi connectivity index (χ3n) is 3.86. The number of rotatable bonds is 3. The molecule has 1 saturated heterocycles. The van der Waals surface area contributed by atoms with E-state index < -0.39 is 23.9 Å². The molecule has 130 valence electrons. The van der Waals surface area contributed by atoms with Gasteiger partial charge in [0.1, 0.15) is 12.9 Å². The summed E-state index contributed by atoms with van der Waals surface area (Å²) >= 11 is 0. The van der Waals surface area contributed by atoms with Crippen molar-refractivity contribution in [3.63, 3.8) is 0 Å². The van der Waals surface area contributed by atoms with Crippen molar-refractivity contribution in [2.45, 2.75) is 32.1 Å². The molecule has 0 saturated carbocycles. The van der Waals surface area contributed by atoms with Crippen molar-refractivity contribution in [1.29, 1.82) is 0 Å². The minimum Gasteiger partial charge on any atom is -0.333 e.